The molecule has 118 valence electrons. The number of rotatable bonds is 5. The van der Waals surface area contributed by atoms with Crippen molar-refractivity contribution in [2.45, 2.75) is 31.8 Å². The first-order valence-electron chi connectivity index (χ1n) is 6.77. The zero-order valence-corrected chi connectivity index (χ0v) is 15.6. The van der Waals surface area contributed by atoms with E-state index in [1.807, 2.05) is 39.0 Å². The van der Waals surface area contributed by atoms with Crippen molar-refractivity contribution in [3.8, 4) is 0 Å². The highest BCUT2D eigenvalue weighted by Crippen LogP contribution is 2.20. The molecular formula is C14H18IN5OS. The Morgan fingerprint density at radius 1 is 1.45 bits per heavy atom. The summed E-state index contributed by atoms with van der Waals surface area (Å²) in [6, 6.07) is 5.89. The topological polar surface area (TPSA) is 85.8 Å². The Labute approximate surface area is 147 Å². The Bertz CT molecular complexity index is 686. The third-order valence-electron chi connectivity index (χ3n) is 3.00. The maximum absolute atomic E-state index is 12.0. The van der Waals surface area contributed by atoms with Gasteiger partial charge in [0, 0.05) is 15.2 Å². The summed E-state index contributed by atoms with van der Waals surface area (Å²) in [6.45, 7) is 5.96. The Kier molecular flexibility index (Phi) is 5.68. The normalized spacial score (nSPS) is 11.0. The summed E-state index contributed by atoms with van der Waals surface area (Å²) in [5.74, 6) is 6.96. The molecule has 0 aliphatic carbocycles. The van der Waals surface area contributed by atoms with Gasteiger partial charge in [-0.25, -0.2) is 4.68 Å². The molecular weight excluding hydrogens is 413 g/mol. The second-order valence-electron chi connectivity index (χ2n) is 5.16. The number of carbonyl (C=O) groups is 1. The number of aryl methyl sites for hydroxylation is 1. The quantitative estimate of drug-likeness (QED) is 0.432. The number of amides is 1. The molecule has 0 radical (unpaired) electrons. The molecule has 1 heterocycles. The second kappa shape index (κ2) is 7.32. The number of nitrogens with one attached hydrogen (secondary N) is 1. The Balaban J connectivity index is 1.96. The van der Waals surface area contributed by atoms with Gasteiger partial charge >= 0.3 is 0 Å². The molecule has 0 aliphatic heterocycles. The average molecular weight is 431 g/mol. The van der Waals surface area contributed by atoms with Crippen molar-refractivity contribution in [2.75, 3.05) is 16.9 Å². The number of hydrogen-bond donors (Lipinski definition) is 2. The van der Waals surface area contributed by atoms with Gasteiger partial charge in [-0.2, -0.15) is 0 Å². The summed E-state index contributed by atoms with van der Waals surface area (Å²) in [6.07, 6.45) is 0. The van der Waals surface area contributed by atoms with Crippen LogP contribution >= 0.6 is 34.4 Å². The Morgan fingerprint density at radius 3 is 2.77 bits per heavy atom. The molecule has 1 amide bonds. The van der Waals surface area contributed by atoms with E-state index in [1.54, 1.807) is 0 Å². The van der Waals surface area contributed by atoms with E-state index < -0.39 is 0 Å². The number of nitrogen functional groups attached to an aromatic ring is 1. The highest BCUT2D eigenvalue weighted by molar-refractivity contribution is 14.1. The van der Waals surface area contributed by atoms with Crippen LogP contribution in [0.2, 0.25) is 0 Å². The van der Waals surface area contributed by atoms with E-state index in [0.717, 1.165) is 14.8 Å². The van der Waals surface area contributed by atoms with E-state index in [-0.39, 0.29) is 17.6 Å². The Hall–Kier alpha value is -1.29. The lowest BCUT2D eigenvalue weighted by Gasteiger charge is -2.09. The molecule has 22 heavy (non-hydrogen) atoms. The zero-order chi connectivity index (χ0) is 16.3. The van der Waals surface area contributed by atoms with Crippen LogP contribution < -0.4 is 11.2 Å². The minimum atomic E-state index is -0.0941. The first-order chi connectivity index (χ1) is 10.4. The van der Waals surface area contributed by atoms with Gasteiger partial charge in [0.2, 0.25) is 11.1 Å². The predicted octanol–water partition coefficient (Wildman–Crippen LogP) is 2.76. The number of halogens is 1. The van der Waals surface area contributed by atoms with E-state index >= 15 is 0 Å². The van der Waals surface area contributed by atoms with Crippen LogP contribution in [-0.4, -0.2) is 26.5 Å². The molecule has 8 heteroatoms. The first kappa shape index (κ1) is 17.1. The van der Waals surface area contributed by atoms with Gasteiger partial charge in [0.1, 0.15) is 0 Å². The van der Waals surface area contributed by atoms with Gasteiger partial charge in [-0.1, -0.05) is 25.6 Å². The van der Waals surface area contributed by atoms with Gasteiger partial charge in [-0.05, 0) is 53.3 Å². The minimum Gasteiger partial charge on any atom is -0.336 e. The molecule has 2 rings (SSSR count). The molecule has 0 atom stereocenters. The predicted molar refractivity (Wildman–Crippen MR) is 97.5 cm³/mol. The summed E-state index contributed by atoms with van der Waals surface area (Å²) < 4.78 is 2.58. The van der Waals surface area contributed by atoms with Crippen LogP contribution in [0.3, 0.4) is 0 Å². The van der Waals surface area contributed by atoms with E-state index in [2.05, 4.69) is 38.1 Å². The molecule has 6 nitrogen and oxygen atoms in total. The Morgan fingerprint density at radius 2 is 2.18 bits per heavy atom. The van der Waals surface area contributed by atoms with Crippen molar-refractivity contribution in [2.24, 2.45) is 0 Å². The van der Waals surface area contributed by atoms with Crippen LogP contribution in [0.25, 0.3) is 0 Å². The van der Waals surface area contributed by atoms with Crippen LogP contribution in [0.1, 0.15) is 31.2 Å². The van der Waals surface area contributed by atoms with Crippen LogP contribution in [0.5, 0.6) is 0 Å². The fourth-order valence-electron chi connectivity index (χ4n) is 1.86. The van der Waals surface area contributed by atoms with Crippen LogP contribution in [0.15, 0.2) is 23.4 Å². The van der Waals surface area contributed by atoms with Crippen molar-refractivity contribution >= 4 is 45.9 Å². The molecule has 2 aromatic rings. The third kappa shape index (κ3) is 4.13. The number of nitrogens with two attached hydrogens (primary N) is 1. The monoisotopic (exact) mass is 431 g/mol. The van der Waals surface area contributed by atoms with Gasteiger partial charge in [0.15, 0.2) is 5.82 Å². The smallest absolute Gasteiger partial charge is 0.234 e. The summed E-state index contributed by atoms with van der Waals surface area (Å²) in [5.41, 5.74) is 1.86. The lowest BCUT2D eigenvalue weighted by molar-refractivity contribution is -0.113. The lowest BCUT2D eigenvalue weighted by Crippen LogP contribution is -2.18. The molecule has 0 spiro atoms. The van der Waals surface area contributed by atoms with Gasteiger partial charge in [0.05, 0.1) is 5.75 Å². The highest BCUT2D eigenvalue weighted by Gasteiger charge is 2.14. The number of nitrogens with zero attached hydrogens (tertiary/aromatic N) is 3. The maximum Gasteiger partial charge on any atom is 0.234 e. The molecule has 1 aromatic heterocycles. The third-order valence-corrected chi connectivity index (χ3v) is 4.62. The van der Waals surface area contributed by atoms with E-state index in [1.165, 1.54) is 16.4 Å². The minimum absolute atomic E-state index is 0.0941. The molecule has 1 aromatic carbocycles. The fraction of sp³-hybridized carbons (Fsp3) is 0.357. The maximum atomic E-state index is 12.0. The summed E-state index contributed by atoms with van der Waals surface area (Å²) in [4.78, 5) is 12.0. The number of benzene rings is 1. The number of anilines is 1. The lowest BCUT2D eigenvalue weighted by atomic mass is 10.2. The first-order valence-corrected chi connectivity index (χ1v) is 8.84. The van der Waals surface area contributed by atoms with Crippen LogP contribution in [-0.2, 0) is 4.79 Å². The van der Waals surface area contributed by atoms with Gasteiger partial charge < -0.3 is 11.2 Å². The van der Waals surface area contributed by atoms with Crippen molar-refractivity contribution in [1.82, 2.24) is 14.9 Å². The summed E-state index contributed by atoms with van der Waals surface area (Å²) in [7, 11) is 0. The number of aromatic nitrogens is 3. The summed E-state index contributed by atoms with van der Waals surface area (Å²) >= 11 is 3.52. The van der Waals surface area contributed by atoms with E-state index in [9.17, 15) is 4.79 Å². The van der Waals surface area contributed by atoms with Crippen molar-refractivity contribution in [1.29, 1.82) is 0 Å². The second-order valence-corrected chi connectivity index (χ2v) is 7.35. The van der Waals surface area contributed by atoms with Crippen LogP contribution in [0.4, 0.5) is 5.69 Å². The largest absolute Gasteiger partial charge is 0.336 e. The standard InChI is InChI=1S/C14H18IN5OS/c1-8(2)13-18-19-14(20(13)16)22-7-12(21)17-11-5-4-10(15)6-9(11)3/h4-6,8H,7,16H2,1-3H3,(H,17,21). The molecule has 0 saturated carbocycles. The van der Waals surface area contributed by atoms with E-state index in [0.29, 0.717) is 11.0 Å². The fourth-order valence-corrected chi connectivity index (χ4v) is 3.17. The number of carbonyl (C=O) groups excluding carboxylic acids is 1. The molecule has 0 bridgehead atoms. The van der Waals surface area contributed by atoms with Gasteiger partial charge in [-0.15, -0.1) is 10.2 Å². The molecule has 0 saturated heterocycles. The van der Waals surface area contributed by atoms with E-state index in [4.69, 9.17) is 5.84 Å². The number of thioether (sulfide) groups is 1. The van der Waals surface area contributed by atoms with Gasteiger partial charge in [0.25, 0.3) is 0 Å². The van der Waals surface area contributed by atoms with Crippen molar-refractivity contribution in [3.05, 3.63) is 33.2 Å². The van der Waals surface area contributed by atoms with Crippen molar-refractivity contribution < 1.29 is 4.79 Å². The average Bonchev–Trinajstić information content (AvgIpc) is 2.81. The molecule has 0 aliphatic rings. The summed E-state index contributed by atoms with van der Waals surface area (Å²) in [5, 5.41) is 11.5. The van der Waals surface area contributed by atoms with Crippen molar-refractivity contribution in [3.63, 3.8) is 0 Å². The SMILES string of the molecule is Cc1cc(I)ccc1NC(=O)CSc1nnc(C(C)C)n1N. The number of hydrogen-bond acceptors (Lipinski definition) is 5. The van der Waals surface area contributed by atoms with Crippen LogP contribution in [0, 0.1) is 10.5 Å². The molecule has 3 N–H and O–H groups in total. The highest BCUT2D eigenvalue weighted by atomic mass is 127. The zero-order valence-electron chi connectivity index (χ0n) is 12.6. The molecule has 0 unspecified atom stereocenters. The van der Waals surface area contributed by atoms with Gasteiger partial charge in [-0.3, -0.25) is 4.79 Å². The molecule has 0 fully saturated rings.